The van der Waals surface area contributed by atoms with E-state index in [-0.39, 0.29) is 0 Å². The summed E-state index contributed by atoms with van der Waals surface area (Å²) in [6.07, 6.45) is 6.05. The fourth-order valence-corrected chi connectivity index (χ4v) is 1.38. The smallest absolute Gasteiger partial charge is 0.0593 e. The maximum absolute atomic E-state index is 5.51. The number of nitrogens with two attached hydrogens (primary N) is 1. The Bertz CT molecular complexity index is 120. The second-order valence-corrected chi connectivity index (χ2v) is 4.12. The van der Waals surface area contributed by atoms with Crippen LogP contribution in [0, 0.1) is 0 Å². The van der Waals surface area contributed by atoms with E-state index >= 15 is 0 Å². The Morgan fingerprint density at radius 3 is 2.47 bits per heavy atom. The molecule has 3 nitrogen and oxygen atoms in total. The third-order valence-corrected chi connectivity index (χ3v) is 2.50. The Morgan fingerprint density at radius 2 is 1.80 bits per heavy atom. The molecule has 92 valence electrons. The number of ether oxygens (including phenoxy) is 1. The first kappa shape index (κ1) is 14.9. The fraction of sp³-hybridized carbons (Fsp3) is 1.00. The molecule has 0 aromatic rings. The molecule has 0 spiro atoms. The average Bonchev–Trinajstić information content (AvgIpc) is 2.24. The summed E-state index contributed by atoms with van der Waals surface area (Å²) in [4.78, 5) is 2.34. The topological polar surface area (TPSA) is 38.5 Å². The molecule has 0 aromatic heterocycles. The van der Waals surface area contributed by atoms with Gasteiger partial charge in [0.25, 0.3) is 0 Å². The zero-order valence-electron chi connectivity index (χ0n) is 10.5. The lowest BCUT2D eigenvalue weighted by atomic mass is 10.2. The second-order valence-electron chi connectivity index (χ2n) is 4.12. The van der Waals surface area contributed by atoms with Gasteiger partial charge in [0.15, 0.2) is 0 Å². The second kappa shape index (κ2) is 12.0. The molecule has 0 unspecified atom stereocenters. The van der Waals surface area contributed by atoms with Crippen molar-refractivity contribution in [3.8, 4) is 0 Å². The van der Waals surface area contributed by atoms with Crippen LogP contribution in [0.5, 0.6) is 0 Å². The highest BCUT2D eigenvalue weighted by molar-refractivity contribution is 4.52. The molecular weight excluding hydrogens is 188 g/mol. The zero-order valence-corrected chi connectivity index (χ0v) is 10.5. The Kier molecular flexibility index (Phi) is 11.9. The predicted molar refractivity (Wildman–Crippen MR) is 66.1 cm³/mol. The van der Waals surface area contributed by atoms with Crippen molar-refractivity contribution in [3.05, 3.63) is 0 Å². The van der Waals surface area contributed by atoms with Gasteiger partial charge in [-0.2, -0.15) is 0 Å². The molecule has 0 saturated carbocycles. The first-order valence-electron chi connectivity index (χ1n) is 6.27. The summed E-state index contributed by atoms with van der Waals surface area (Å²) in [7, 11) is 2.16. The molecule has 0 atom stereocenters. The molecule has 0 amide bonds. The van der Waals surface area contributed by atoms with Crippen LogP contribution in [0.15, 0.2) is 0 Å². The Balaban J connectivity index is 3.08. The van der Waals surface area contributed by atoms with Crippen LogP contribution in [0.3, 0.4) is 0 Å². The number of rotatable bonds is 11. The summed E-state index contributed by atoms with van der Waals surface area (Å²) in [5.41, 5.74) is 5.44. The van der Waals surface area contributed by atoms with Crippen molar-refractivity contribution >= 4 is 0 Å². The van der Waals surface area contributed by atoms with Gasteiger partial charge in [-0.15, -0.1) is 0 Å². The summed E-state index contributed by atoms with van der Waals surface area (Å²) >= 11 is 0. The standard InChI is InChI=1S/C12H28N2O/c1-3-4-11-15-12-10-14(2)9-7-5-6-8-13/h3-13H2,1-2H3. The van der Waals surface area contributed by atoms with Crippen LogP contribution < -0.4 is 5.73 Å². The maximum atomic E-state index is 5.51. The highest BCUT2D eigenvalue weighted by Crippen LogP contribution is 1.96. The van der Waals surface area contributed by atoms with Gasteiger partial charge in [-0.3, -0.25) is 0 Å². The Hall–Kier alpha value is -0.120. The van der Waals surface area contributed by atoms with Gasteiger partial charge in [0, 0.05) is 13.2 Å². The third kappa shape index (κ3) is 11.8. The van der Waals surface area contributed by atoms with Gasteiger partial charge in [-0.1, -0.05) is 19.8 Å². The molecule has 0 rings (SSSR count). The van der Waals surface area contributed by atoms with Gasteiger partial charge < -0.3 is 15.4 Å². The van der Waals surface area contributed by atoms with E-state index in [0.29, 0.717) is 0 Å². The zero-order chi connectivity index (χ0) is 11.4. The first-order chi connectivity index (χ1) is 7.31. The quantitative estimate of drug-likeness (QED) is 0.536. The monoisotopic (exact) mass is 216 g/mol. The molecule has 3 heteroatoms. The highest BCUT2D eigenvalue weighted by Gasteiger charge is 1.97. The number of unbranched alkanes of at least 4 members (excludes halogenated alkanes) is 3. The minimum Gasteiger partial charge on any atom is -0.380 e. The van der Waals surface area contributed by atoms with Crippen molar-refractivity contribution in [3.63, 3.8) is 0 Å². The molecule has 0 aliphatic heterocycles. The molecule has 0 heterocycles. The van der Waals surface area contributed by atoms with Crippen molar-refractivity contribution in [2.45, 2.75) is 39.0 Å². The van der Waals surface area contributed by atoms with E-state index in [2.05, 4.69) is 18.9 Å². The molecule has 0 aromatic carbocycles. The van der Waals surface area contributed by atoms with Gasteiger partial charge in [-0.05, 0) is 39.4 Å². The number of nitrogens with zero attached hydrogens (tertiary/aromatic N) is 1. The molecule has 0 bridgehead atoms. The van der Waals surface area contributed by atoms with Crippen molar-refractivity contribution in [2.75, 3.05) is 39.9 Å². The molecule has 0 aliphatic carbocycles. The fourth-order valence-electron chi connectivity index (χ4n) is 1.38. The van der Waals surface area contributed by atoms with E-state index in [4.69, 9.17) is 10.5 Å². The number of hydrogen-bond donors (Lipinski definition) is 1. The largest absolute Gasteiger partial charge is 0.380 e. The normalized spacial score (nSPS) is 11.2. The summed E-state index contributed by atoms with van der Waals surface area (Å²) in [6, 6.07) is 0. The van der Waals surface area contributed by atoms with Gasteiger partial charge >= 0.3 is 0 Å². The molecule has 0 aliphatic rings. The average molecular weight is 216 g/mol. The summed E-state index contributed by atoms with van der Waals surface area (Å²) in [6.45, 7) is 7.01. The van der Waals surface area contributed by atoms with Crippen LogP contribution >= 0.6 is 0 Å². The minimum atomic E-state index is 0.823. The van der Waals surface area contributed by atoms with E-state index in [1.165, 1.54) is 25.7 Å². The van der Waals surface area contributed by atoms with Crippen molar-refractivity contribution in [1.29, 1.82) is 0 Å². The molecule has 0 saturated heterocycles. The lowest BCUT2D eigenvalue weighted by Gasteiger charge is -2.16. The summed E-state index contributed by atoms with van der Waals surface area (Å²) < 4.78 is 5.51. The van der Waals surface area contributed by atoms with Crippen molar-refractivity contribution in [1.82, 2.24) is 4.90 Å². The summed E-state index contributed by atoms with van der Waals surface area (Å²) in [5.74, 6) is 0. The van der Waals surface area contributed by atoms with Crippen molar-refractivity contribution < 1.29 is 4.74 Å². The van der Waals surface area contributed by atoms with Crippen LogP contribution in [0.25, 0.3) is 0 Å². The molecular formula is C12H28N2O. The maximum Gasteiger partial charge on any atom is 0.0593 e. The molecule has 0 fully saturated rings. The SMILES string of the molecule is CCCCOCCN(C)CCCCCN. The lowest BCUT2D eigenvalue weighted by Crippen LogP contribution is -2.24. The van der Waals surface area contributed by atoms with E-state index in [1.807, 2.05) is 0 Å². The Labute approximate surface area is 95.0 Å². The highest BCUT2D eigenvalue weighted by atomic mass is 16.5. The molecule has 0 radical (unpaired) electrons. The number of likely N-dealkylation sites (N-methyl/N-ethyl adjacent to an activating group) is 1. The van der Waals surface area contributed by atoms with Gasteiger partial charge in [0.05, 0.1) is 6.61 Å². The van der Waals surface area contributed by atoms with Gasteiger partial charge in [0.1, 0.15) is 0 Å². The minimum absolute atomic E-state index is 0.823. The predicted octanol–water partition coefficient (Wildman–Crippen LogP) is 1.86. The van der Waals surface area contributed by atoms with Crippen LogP contribution in [-0.4, -0.2) is 44.8 Å². The molecule has 15 heavy (non-hydrogen) atoms. The Morgan fingerprint density at radius 1 is 1.00 bits per heavy atom. The van der Waals surface area contributed by atoms with E-state index in [9.17, 15) is 0 Å². The van der Waals surface area contributed by atoms with Crippen LogP contribution in [0.1, 0.15) is 39.0 Å². The van der Waals surface area contributed by atoms with Crippen LogP contribution in [0.4, 0.5) is 0 Å². The lowest BCUT2D eigenvalue weighted by molar-refractivity contribution is 0.109. The van der Waals surface area contributed by atoms with Gasteiger partial charge in [0.2, 0.25) is 0 Å². The first-order valence-corrected chi connectivity index (χ1v) is 6.27. The number of hydrogen-bond acceptors (Lipinski definition) is 3. The van der Waals surface area contributed by atoms with Crippen LogP contribution in [-0.2, 0) is 4.74 Å². The van der Waals surface area contributed by atoms with Crippen molar-refractivity contribution in [2.24, 2.45) is 5.73 Å². The van der Waals surface area contributed by atoms with E-state index in [1.54, 1.807) is 0 Å². The molecule has 2 N–H and O–H groups in total. The van der Waals surface area contributed by atoms with Crippen LogP contribution in [0.2, 0.25) is 0 Å². The van der Waals surface area contributed by atoms with E-state index < -0.39 is 0 Å². The van der Waals surface area contributed by atoms with E-state index in [0.717, 1.165) is 39.3 Å². The van der Waals surface area contributed by atoms with Gasteiger partial charge in [-0.25, -0.2) is 0 Å². The summed E-state index contributed by atoms with van der Waals surface area (Å²) in [5, 5.41) is 0. The third-order valence-electron chi connectivity index (χ3n) is 2.50.